The van der Waals surface area contributed by atoms with Crippen molar-refractivity contribution in [3.63, 3.8) is 0 Å². The lowest BCUT2D eigenvalue weighted by atomic mass is 10.1. The number of H-pyrrole nitrogens is 1. The fraction of sp³-hybridized carbons (Fsp3) is 0.400. The van der Waals surface area contributed by atoms with Gasteiger partial charge in [0.1, 0.15) is 5.82 Å². The van der Waals surface area contributed by atoms with Crippen molar-refractivity contribution in [3.05, 3.63) is 41.9 Å². The highest BCUT2D eigenvalue weighted by atomic mass is 14.9. The van der Waals surface area contributed by atoms with E-state index in [-0.39, 0.29) is 0 Å². The maximum Gasteiger partial charge on any atom is 0.106 e. The molecular weight excluding hydrogens is 222 g/mol. The van der Waals surface area contributed by atoms with Crippen molar-refractivity contribution >= 4 is 0 Å². The summed E-state index contributed by atoms with van der Waals surface area (Å²) in [5.41, 5.74) is 8.89. The van der Waals surface area contributed by atoms with Gasteiger partial charge < -0.3 is 10.7 Å². The predicted octanol–water partition coefficient (Wildman–Crippen LogP) is 3.06. The Labute approximate surface area is 108 Å². The molecular formula is C15H21N3. The van der Waals surface area contributed by atoms with Gasteiger partial charge in [-0.2, -0.15) is 0 Å². The highest BCUT2D eigenvalue weighted by molar-refractivity contribution is 5.61. The molecule has 3 N–H and O–H groups in total. The molecule has 0 saturated heterocycles. The fourth-order valence-electron chi connectivity index (χ4n) is 2.13. The van der Waals surface area contributed by atoms with Gasteiger partial charge in [-0.1, -0.05) is 36.8 Å². The average molecular weight is 243 g/mol. The molecule has 2 rings (SSSR count). The van der Waals surface area contributed by atoms with Gasteiger partial charge in [0.25, 0.3) is 0 Å². The molecule has 0 fully saturated rings. The lowest BCUT2D eigenvalue weighted by Gasteiger charge is -1.97. The minimum absolute atomic E-state index is 0.784. The molecule has 1 aromatic heterocycles. The van der Waals surface area contributed by atoms with E-state index in [4.69, 9.17) is 10.7 Å². The van der Waals surface area contributed by atoms with Crippen LogP contribution >= 0.6 is 0 Å². The number of aryl methyl sites for hydroxylation is 2. The van der Waals surface area contributed by atoms with Crippen molar-refractivity contribution in [3.8, 4) is 11.3 Å². The molecule has 96 valence electrons. The Morgan fingerprint density at radius 1 is 1.11 bits per heavy atom. The van der Waals surface area contributed by atoms with Crippen molar-refractivity contribution in [2.24, 2.45) is 5.73 Å². The molecule has 0 atom stereocenters. The molecule has 3 heteroatoms. The maximum absolute atomic E-state index is 5.49. The van der Waals surface area contributed by atoms with Crippen molar-refractivity contribution < 1.29 is 0 Å². The molecule has 0 saturated carbocycles. The lowest BCUT2D eigenvalue weighted by molar-refractivity contribution is 0.672. The Bertz CT molecular complexity index is 474. The van der Waals surface area contributed by atoms with E-state index in [0.717, 1.165) is 43.0 Å². The third-order valence-electron chi connectivity index (χ3n) is 3.10. The van der Waals surface area contributed by atoms with E-state index >= 15 is 0 Å². The number of benzene rings is 1. The van der Waals surface area contributed by atoms with Crippen LogP contribution < -0.4 is 5.73 Å². The first-order valence-electron chi connectivity index (χ1n) is 6.62. The second-order valence-electron chi connectivity index (χ2n) is 4.62. The van der Waals surface area contributed by atoms with Crippen LogP contribution in [0.15, 0.2) is 30.3 Å². The second-order valence-corrected chi connectivity index (χ2v) is 4.62. The van der Waals surface area contributed by atoms with Crippen LogP contribution in [0.2, 0.25) is 0 Å². The summed E-state index contributed by atoms with van der Waals surface area (Å²) in [6.07, 6.45) is 4.44. The number of rotatable bonds is 6. The first-order valence-corrected chi connectivity index (χ1v) is 6.62. The van der Waals surface area contributed by atoms with E-state index in [1.54, 1.807) is 0 Å². The number of hydrogen-bond acceptors (Lipinski definition) is 2. The summed E-state index contributed by atoms with van der Waals surface area (Å²) in [7, 11) is 0. The van der Waals surface area contributed by atoms with Crippen LogP contribution in [-0.4, -0.2) is 16.5 Å². The molecule has 0 radical (unpaired) electrons. The van der Waals surface area contributed by atoms with Crippen LogP contribution in [-0.2, 0) is 6.42 Å². The Morgan fingerprint density at radius 3 is 2.61 bits per heavy atom. The predicted molar refractivity (Wildman–Crippen MR) is 75.4 cm³/mol. The molecule has 0 unspecified atom stereocenters. The summed E-state index contributed by atoms with van der Waals surface area (Å²) in [5.74, 6) is 1.09. The molecule has 3 nitrogen and oxygen atoms in total. The summed E-state index contributed by atoms with van der Waals surface area (Å²) >= 11 is 0. The zero-order valence-corrected chi connectivity index (χ0v) is 10.9. The molecule has 18 heavy (non-hydrogen) atoms. The fourth-order valence-corrected chi connectivity index (χ4v) is 2.13. The minimum Gasteiger partial charge on any atom is -0.346 e. The average Bonchev–Trinajstić information content (AvgIpc) is 2.77. The van der Waals surface area contributed by atoms with Crippen molar-refractivity contribution in [1.82, 2.24) is 9.97 Å². The summed E-state index contributed by atoms with van der Waals surface area (Å²) < 4.78 is 0. The molecule has 1 heterocycles. The van der Waals surface area contributed by atoms with Gasteiger partial charge in [-0.15, -0.1) is 0 Å². The van der Waals surface area contributed by atoms with Crippen LogP contribution in [0.4, 0.5) is 0 Å². The number of hydrogen-bond donors (Lipinski definition) is 2. The zero-order valence-electron chi connectivity index (χ0n) is 10.9. The molecule has 0 aliphatic rings. The Kier molecular flexibility index (Phi) is 4.53. The van der Waals surface area contributed by atoms with Crippen LogP contribution in [0.5, 0.6) is 0 Å². The normalized spacial score (nSPS) is 10.8. The van der Waals surface area contributed by atoms with E-state index in [2.05, 4.69) is 24.0 Å². The Morgan fingerprint density at radius 2 is 1.89 bits per heavy atom. The quantitative estimate of drug-likeness (QED) is 0.766. The third kappa shape index (κ3) is 3.20. The van der Waals surface area contributed by atoms with Gasteiger partial charge in [0.05, 0.1) is 5.69 Å². The first-order chi connectivity index (χ1) is 8.81. The Balaban J connectivity index is 2.03. The smallest absolute Gasteiger partial charge is 0.106 e. The van der Waals surface area contributed by atoms with Gasteiger partial charge in [0.2, 0.25) is 0 Å². The van der Waals surface area contributed by atoms with E-state index in [1.165, 1.54) is 12.0 Å². The summed E-state index contributed by atoms with van der Waals surface area (Å²) in [5, 5.41) is 0. The second kappa shape index (κ2) is 6.36. The van der Waals surface area contributed by atoms with Crippen molar-refractivity contribution in [2.75, 3.05) is 6.54 Å². The molecule has 0 aliphatic heterocycles. The first kappa shape index (κ1) is 12.8. The molecule has 0 amide bonds. The van der Waals surface area contributed by atoms with Gasteiger partial charge in [0.15, 0.2) is 0 Å². The van der Waals surface area contributed by atoms with E-state index in [9.17, 15) is 0 Å². The van der Waals surface area contributed by atoms with E-state index < -0.39 is 0 Å². The summed E-state index contributed by atoms with van der Waals surface area (Å²) in [4.78, 5) is 8.07. The van der Waals surface area contributed by atoms with Crippen LogP contribution in [0.3, 0.4) is 0 Å². The minimum atomic E-state index is 0.784. The van der Waals surface area contributed by atoms with Gasteiger partial charge in [-0.05, 0) is 26.3 Å². The lowest BCUT2D eigenvalue weighted by Crippen LogP contribution is -1.98. The topological polar surface area (TPSA) is 54.7 Å². The maximum atomic E-state index is 5.49. The summed E-state index contributed by atoms with van der Waals surface area (Å²) in [6.45, 7) is 2.87. The molecule has 0 spiro atoms. The molecule has 2 aromatic rings. The molecule has 1 aromatic carbocycles. The molecule has 0 bridgehead atoms. The van der Waals surface area contributed by atoms with Gasteiger partial charge in [-0.3, -0.25) is 0 Å². The van der Waals surface area contributed by atoms with Gasteiger partial charge >= 0.3 is 0 Å². The Hall–Kier alpha value is -1.61. The van der Waals surface area contributed by atoms with Crippen LogP contribution in [0.25, 0.3) is 11.3 Å². The van der Waals surface area contributed by atoms with Crippen molar-refractivity contribution in [2.45, 2.75) is 32.6 Å². The van der Waals surface area contributed by atoms with E-state index in [1.807, 2.05) is 18.2 Å². The number of unbranched alkanes of at least 4 members (excludes halogenated alkanes) is 2. The molecule has 0 aliphatic carbocycles. The van der Waals surface area contributed by atoms with E-state index in [0.29, 0.717) is 0 Å². The van der Waals surface area contributed by atoms with Crippen LogP contribution in [0, 0.1) is 6.92 Å². The largest absolute Gasteiger partial charge is 0.346 e. The SMILES string of the molecule is Cc1[nH]c(CCCCCN)nc1-c1ccccc1. The number of aromatic amines is 1. The summed E-state index contributed by atoms with van der Waals surface area (Å²) in [6, 6.07) is 10.3. The van der Waals surface area contributed by atoms with Crippen molar-refractivity contribution in [1.29, 1.82) is 0 Å². The number of nitrogens with zero attached hydrogens (tertiary/aromatic N) is 1. The zero-order chi connectivity index (χ0) is 12.8. The van der Waals surface area contributed by atoms with Gasteiger partial charge in [0, 0.05) is 17.7 Å². The number of nitrogens with one attached hydrogen (secondary N) is 1. The van der Waals surface area contributed by atoms with Crippen LogP contribution in [0.1, 0.15) is 30.8 Å². The van der Waals surface area contributed by atoms with Gasteiger partial charge in [-0.25, -0.2) is 4.98 Å². The standard InChI is InChI=1S/C15H21N3/c1-12-15(13-8-4-2-5-9-13)18-14(17-12)10-6-3-7-11-16/h2,4-5,8-9H,3,6-7,10-11,16H2,1H3,(H,17,18). The number of imidazole rings is 1. The highest BCUT2D eigenvalue weighted by Gasteiger charge is 2.07. The number of aromatic nitrogens is 2. The monoisotopic (exact) mass is 243 g/mol. The number of nitrogens with two attached hydrogens (primary N) is 1. The highest BCUT2D eigenvalue weighted by Crippen LogP contribution is 2.21. The third-order valence-corrected chi connectivity index (χ3v) is 3.10.